The van der Waals surface area contributed by atoms with Gasteiger partial charge in [0, 0.05) is 18.2 Å². The molecule has 3 N–H and O–H groups in total. The maximum absolute atomic E-state index is 13.5. The number of benzene rings is 1. The summed E-state index contributed by atoms with van der Waals surface area (Å²) >= 11 is 0. The van der Waals surface area contributed by atoms with Crippen LogP contribution in [0.15, 0.2) is 30.3 Å². The summed E-state index contributed by atoms with van der Waals surface area (Å²) in [6.45, 7) is 2.69. The highest BCUT2D eigenvalue weighted by Gasteiger charge is 2.06. The van der Waals surface area contributed by atoms with Crippen LogP contribution in [-0.2, 0) is 6.54 Å². The number of nitrogens with one attached hydrogen (secondary N) is 1. The summed E-state index contributed by atoms with van der Waals surface area (Å²) in [6.07, 6.45) is 0.847. The number of anilines is 2. The van der Waals surface area contributed by atoms with Crippen molar-refractivity contribution in [1.82, 2.24) is 4.98 Å². The molecule has 0 radical (unpaired) electrons. The lowest BCUT2D eigenvalue weighted by Gasteiger charge is -2.11. The van der Waals surface area contributed by atoms with Gasteiger partial charge in [0.25, 0.3) is 0 Å². The number of aromatic nitrogens is 1. The van der Waals surface area contributed by atoms with E-state index in [1.54, 1.807) is 12.1 Å². The Morgan fingerprint density at radius 1 is 1.24 bits per heavy atom. The third kappa shape index (κ3) is 4.05. The molecule has 0 bridgehead atoms. The van der Waals surface area contributed by atoms with Crippen LogP contribution in [0.3, 0.4) is 0 Å². The number of nitrogens with two attached hydrogens (primary N) is 1. The summed E-state index contributed by atoms with van der Waals surface area (Å²) in [5.41, 5.74) is 6.56. The molecule has 4 nitrogen and oxygen atoms in total. The van der Waals surface area contributed by atoms with Crippen LogP contribution < -0.4 is 15.8 Å². The summed E-state index contributed by atoms with van der Waals surface area (Å²) in [7, 11) is 0. The van der Waals surface area contributed by atoms with Crippen LogP contribution in [0.5, 0.6) is 5.88 Å². The second-order valence-electron chi connectivity index (χ2n) is 4.53. The van der Waals surface area contributed by atoms with E-state index in [-0.39, 0.29) is 6.54 Å². The highest BCUT2D eigenvalue weighted by Crippen LogP contribution is 2.21. The molecule has 0 atom stereocenters. The lowest BCUT2D eigenvalue weighted by molar-refractivity contribution is 0.307. The van der Waals surface area contributed by atoms with Gasteiger partial charge in [0.2, 0.25) is 5.88 Å². The Labute approximate surface area is 122 Å². The molecule has 1 heterocycles. The predicted molar refractivity (Wildman–Crippen MR) is 78.1 cm³/mol. The van der Waals surface area contributed by atoms with Crippen molar-refractivity contribution >= 4 is 11.5 Å². The minimum Gasteiger partial charge on any atom is -0.476 e. The third-order valence-electron chi connectivity index (χ3n) is 2.81. The first-order chi connectivity index (χ1) is 10.1. The molecule has 0 aliphatic rings. The molecule has 1 aromatic carbocycles. The fourth-order valence-electron chi connectivity index (χ4n) is 1.71. The molecule has 0 aliphatic carbocycles. The van der Waals surface area contributed by atoms with Gasteiger partial charge in [-0.25, -0.2) is 8.78 Å². The molecule has 0 unspecified atom stereocenters. The summed E-state index contributed by atoms with van der Waals surface area (Å²) in [6, 6.07) is 6.80. The van der Waals surface area contributed by atoms with E-state index in [1.165, 1.54) is 12.1 Å². The first-order valence-corrected chi connectivity index (χ1v) is 6.67. The van der Waals surface area contributed by atoms with Crippen molar-refractivity contribution in [2.24, 2.45) is 0 Å². The van der Waals surface area contributed by atoms with Crippen LogP contribution in [-0.4, -0.2) is 11.6 Å². The number of hydrogen-bond acceptors (Lipinski definition) is 4. The van der Waals surface area contributed by atoms with E-state index >= 15 is 0 Å². The number of pyridine rings is 1. The lowest BCUT2D eigenvalue weighted by Crippen LogP contribution is -2.06. The van der Waals surface area contributed by atoms with Gasteiger partial charge < -0.3 is 15.8 Å². The predicted octanol–water partition coefficient (Wildman–Crippen LogP) is 3.34. The van der Waals surface area contributed by atoms with Crippen molar-refractivity contribution in [3.8, 4) is 5.88 Å². The largest absolute Gasteiger partial charge is 0.476 e. The molecule has 6 heteroatoms. The SMILES string of the molecule is CCCOc1nc(NCc2ccc(F)cc2F)ccc1N. The van der Waals surface area contributed by atoms with E-state index in [4.69, 9.17) is 10.5 Å². The van der Waals surface area contributed by atoms with Crippen molar-refractivity contribution < 1.29 is 13.5 Å². The van der Waals surface area contributed by atoms with Crippen molar-refractivity contribution in [3.05, 3.63) is 47.5 Å². The summed E-state index contributed by atoms with van der Waals surface area (Å²) in [5.74, 6) is -0.335. The normalized spacial score (nSPS) is 10.4. The monoisotopic (exact) mass is 293 g/mol. The number of nitrogen functional groups attached to an aromatic ring is 1. The van der Waals surface area contributed by atoms with Gasteiger partial charge >= 0.3 is 0 Å². The molecule has 21 heavy (non-hydrogen) atoms. The topological polar surface area (TPSA) is 60.2 Å². The molecule has 0 saturated carbocycles. The van der Waals surface area contributed by atoms with Crippen LogP contribution in [0.2, 0.25) is 0 Å². The third-order valence-corrected chi connectivity index (χ3v) is 2.81. The van der Waals surface area contributed by atoms with E-state index in [9.17, 15) is 8.78 Å². The Morgan fingerprint density at radius 3 is 2.76 bits per heavy atom. The standard InChI is InChI=1S/C15H17F2N3O/c1-2-7-21-15-13(18)5-6-14(20-15)19-9-10-3-4-11(16)8-12(10)17/h3-6,8H,2,7,9,18H2,1H3,(H,19,20). The van der Waals surface area contributed by atoms with Crippen LogP contribution in [0.4, 0.5) is 20.3 Å². The second-order valence-corrected chi connectivity index (χ2v) is 4.53. The molecule has 0 spiro atoms. The zero-order valence-electron chi connectivity index (χ0n) is 11.7. The fourth-order valence-corrected chi connectivity index (χ4v) is 1.71. The van der Waals surface area contributed by atoms with Gasteiger partial charge in [0.1, 0.15) is 17.5 Å². The van der Waals surface area contributed by atoms with Gasteiger partial charge in [0.15, 0.2) is 0 Å². The number of nitrogens with zero attached hydrogens (tertiary/aromatic N) is 1. The van der Waals surface area contributed by atoms with E-state index < -0.39 is 11.6 Å². The molecule has 1 aromatic heterocycles. The lowest BCUT2D eigenvalue weighted by atomic mass is 10.2. The molecule has 0 amide bonds. The van der Waals surface area contributed by atoms with Crippen LogP contribution in [0.25, 0.3) is 0 Å². The maximum atomic E-state index is 13.5. The van der Waals surface area contributed by atoms with E-state index in [0.29, 0.717) is 29.6 Å². The first-order valence-electron chi connectivity index (χ1n) is 6.67. The highest BCUT2D eigenvalue weighted by molar-refractivity contribution is 5.53. The Kier molecular flexibility index (Phi) is 4.92. The van der Waals surface area contributed by atoms with E-state index in [0.717, 1.165) is 12.5 Å². The minimum absolute atomic E-state index is 0.191. The van der Waals surface area contributed by atoms with E-state index in [2.05, 4.69) is 10.3 Å². The minimum atomic E-state index is -0.600. The number of halogens is 2. The van der Waals surface area contributed by atoms with Gasteiger partial charge in [-0.1, -0.05) is 13.0 Å². The van der Waals surface area contributed by atoms with Gasteiger partial charge in [0.05, 0.1) is 12.3 Å². The molecule has 0 aliphatic heterocycles. The summed E-state index contributed by atoms with van der Waals surface area (Å²) in [4.78, 5) is 4.22. The Bertz CT molecular complexity index is 620. The zero-order chi connectivity index (χ0) is 15.2. The maximum Gasteiger partial charge on any atom is 0.239 e. The molecule has 2 aromatic rings. The quantitative estimate of drug-likeness (QED) is 0.857. The average molecular weight is 293 g/mol. The van der Waals surface area contributed by atoms with Crippen LogP contribution in [0, 0.1) is 11.6 Å². The number of ether oxygens (including phenoxy) is 1. The molecule has 0 saturated heterocycles. The number of hydrogen-bond donors (Lipinski definition) is 2. The molecule has 0 fully saturated rings. The van der Waals surface area contributed by atoms with Crippen LogP contribution in [0.1, 0.15) is 18.9 Å². The van der Waals surface area contributed by atoms with Crippen molar-refractivity contribution in [2.45, 2.75) is 19.9 Å². The highest BCUT2D eigenvalue weighted by atomic mass is 19.1. The van der Waals surface area contributed by atoms with Gasteiger partial charge in [-0.05, 0) is 24.6 Å². The van der Waals surface area contributed by atoms with Gasteiger partial charge in [-0.3, -0.25) is 0 Å². The summed E-state index contributed by atoms with van der Waals surface area (Å²) in [5, 5.41) is 2.96. The molecule has 2 rings (SSSR count). The zero-order valence-corrected chi connectivity index (χ0v) is 11.7. The molecular weight excluding hydrogens is 276 g/mol. The smallest absolute Gasteiger partial charge is 0.239 e. The fraction of sp³-hybridized carbons (Fsp3) is 0.267. The van der Waals surface area contributed by atoms with Gasteiger partial charge in [-0.2, -0.15) is 4.98 Å². The summed E-state index contributed by atoms with van der Waals surface area (Å²) < 4.78 is 31.8. The van der Waals surface area contributed by atoms with Crippen molar-refractivity contribution in [2.75, 3.05) is 17.7 Å². The van der Waals surface area contributed by atoms with Crippen molar-refractivity contribution in [3.63, 3.8) is 0 Å². The average Bonchev–Trinajstić information content (AvgIpc) is 2.46. The molecule has 112 valence electrons. The van der Waals surface area contributed by atoms with Crippen LogP contribution >= 0.6 is 0 Å². The van der Waals surface area contributed by atoms with Gasteiger partial charge in [-0.15, -0.1) is 0 Å². The Hall–Kier alpha value is -2.37. The second kappa shape index (κ2) is 6.88. The first kappa shape index (κ1) is 15.0. The Balaban J connectivity index is 2.05. The molecular formula is C15H17F2N3O. The van der Waals surface area contributed by atoms with E-state index in [1.807, 2.05) is 6.92 Å². The number of rotatable bonds is 6. The Morgan fingerprint density at radius 2 is 2.05 bits per heavy atom. The van der Waals surface area contributed by atoms with Crippen molar-refractivity contribution in [1.29, 1.82) is 0 Å².